The molecule has 7 nitrogen and oxygen atoms in total. The van der Waals surface area contributed by atoms with Crippen molar-refractivity contribution in [2.75, 3.05) is 34.3 Å². The summed E-state index contributed by atoms with van der Waals surface area (Å²) in [5.41, 5.74) is 3.19. The van der Waals surface area contributed by atoms with Crippen LogP contribution < -0.4 is 14.9 Å². The Labute approximate surface area is 180 Å². The van der Waals surface area contributed by atoms with E-state index in [0.29, 0.717) is 17.9 Å². The second kappa shape index (κ2) is 8.23. The van der Waals surface area contributed by atoms with E-state index in [1.54, 1.807) is 35.6 Å². The topological polar surface area (TPSA) is 91.4 Å². The average molecular weight is 445 g/mol. The van der Waals surface area contributed by atoms with Crippen molar-refractivity contribution in [3.8, 4) is 0 Å². The van der Waals surface area contributed by atoms with Gasteiger partial charge in [-0.3, -0.25) is 9.52 Å². The fourth-order valence-electron chi connectivity index (χ4n) is 3.64. The maximum atomic E-state index is 12.9. The van der Waals surface area contributed by atoms with Gasteiger partial charge in [-0.2, -0.15) is 0 Å². The lowest BCUT2D eigenvalue weighted by molar-refractivity contribution is -0.120. The van der Waals surface area contributed by atoms with Gasteiger partial charge in [0.2, 0.25) is 15.9 Å². The Morgan fingerprint density at radius 1 is 1.20 bits per heavy atom. The number of nitrogens with one attached hydrogen (secondary N) is 2. The molecule has 9 heteroatoms. The van der Waals surface area contributed by atoms with E-state index in [1.807, 2.05) is 6.07 Å². The van der Waals surface area contributed by atoms with E-state index in [2.05, 4.69) is 34.0 Å². The maximum Gasteiger partial charge on any atom is 0.229 e. The summed E-state index contributed by atoms with van der Waals surface area (Å²) in [6.45, 7) is 3.57. The molecule has 1 amide bonds. The number of aromatic nitrogens is 1. The smallest absolute Gasteiger partial charge is 0.229 e. The molecule has 1 aliphatic heterocycles. The number of carbonyl (C=O) groups is 1. The number of thiazole rings is 1. The van der Waals surface area contributed by atoms with Crippen LogP contribution in [0.25, 0.3) is 10.2 Å². The third-order valence-corrected chi connectivity index (χ3v) is 6.71. The van der Waals surface area contributed by atoms with Gasteiger partial charge in [0.05, 0.1) is 28.1 Å². The van der Waals surface area contributed by atoms with Gasteiger partial charge in [0.1, 0.15) is 0 Å². The number of aryl methyl sites for hydroxylation is 1. The molecule has 0 aliphatic carbocycles. The molecule has 0 saturated carbocycles. The highest BCUT2D eigenvalue weighted by atomic mass is 32.2. The van der Waals surface area contributed by atoms with Gasteiger partial charge < -0.3 is 10.2 Å². The average Bonchev–Trinajstić information content (AvgIpc) is 3.10. The molecule has 30 heavy (non-hydrogen) atoms. The van der Waals surface area contributed by atoms with Gasteiger partial charge in [0, 0.05) is 18.8 Å². The zero-order valence-electron chi connectivity index (χ0n) is 16.9. The van der Waals surface area contributed by atoms with Gasteiger partial charge in [-0.1, -0.05) is 23.5 Å². The molecule has 4 rings (SSSR count). The highest BCUT2D eigenvalue weighted by Gasteiger charge is 2.27. The molecule has 1 unspecified atom stereocenters. The molecule has 2 N–H and O–H groups in total. The minimum Gasteiger partial charge on any atom is -0.347 e. The minimum absolute atomic E-state index is 0.0619. The summed E-state index contributed by atoms with van der Waals surface area (Å²) in [6.07, 6.45) is 2.83. The molecule has 2 aromatic carbocycles. The van der Waals surface area contributed by atoms with E-state index in [9.17, 15) is 13.2 Å². The molecule has 0 bridgehead atoms. The Kier molecular flexibility index (Phi) is 5.66. The molecular formula is C21H24N4O3S2. The van der Waals surface area contributed by atoms with Crippen molar-refractivity contribution in [1.29, 1.82) is 0 Å². The van der Waals surface area contributed by atoms with Crippen LogP contribution in [0, 0.1) is 12.8 Å². The molecule has 1 saturated heterocycles. The number of nitrogens with zero attached hydrogens (tertiary/aromatic N) is 2. The molecule has 2 heterocycles. The number of hydrogen-bond acceptors (Lipinski definition) is 6. The number of sulfonamides is 1. The van der Waals surface area contributed by atoms with Gasteiger partial charge in [0.15, 0.2) is 5.13 Å². The number of hydrogen-bond donors (Lipinski definition) is 2. The summed E-state index contributed by atoms with van der Waals surface area (Å²) in [4.78, 5) is 19.8. The molecule has 1 aromatic heterocycles. The lowest BCUT2D eigenvalue weighted by Crippen LogP contribution is -2.40. The lowest BCUT2D eigenvalue weighted by Gasteiger charge is -2.31. The normalized spacial score (nSPS) is 17.1. The zero-order valence-corrected chi connectivity index (χ0v) is 18.5. The number of fused-ring (bicyclic) bond motifs is 1. The van der Waals surface area contributed by atoms with Crippen LogP contribution in [0.3, 0.4) is 0 Å². The molecule has 1 fully saturated rings. The van der Waals surface area contributed by atoms with Gasteiger partial charge >= 0.3 is 0 Å². The zero-order chi connectivity index (χ0) is 21.3. The molecule has 158 valence electrons. The highest BCUT2D eigenvalue weighted by molar-refractivity contribution is 7.92. The number of amides is 1. The second-order valence-electron chi connectivity index (χ2n) is 7.70. The molecule has 0 radical (unpaired) electrons. The van der Waals surface area contributed by atoms with Crippen LogP contribution >= 0.6 is 11.3 Å². The van der Waals surface area contributed by atoms with Gasteiger partial charge in [-0.15, -0.1) is 0 Å². The Morgan fingerprint density at radius 3 is 2.80 bits per heavy atom. The fraction of sp³-hybridized carbons (Fsp3) is 0.333. The van der Waals surface area contributed by atoms with Crippen LogP contribution in [-0.4, -0.2) is 38.7 Å². The van der Waals surface area contributed by atoms with Crippen molar-refractivity contribution in [1.82, 2.24) is 4.98 Å². The van der Waals surface area contributed by atoms with Crippen LogP contribution in [0.2, 0.25) is 0 Å². The third kappa shape index (κ3) is 4.91. The van der Waals surface area contributed by atoms with Crippen molar-refractivity contribution in [3.63, 3.8) is 0 Å². The van der Waals surface area contributed by atoms with Gasteiger partial charge in [-0.25, -0.2) is 13.4 Å². The number of rotatable bonds is 5. The summed E-state index contributed by atoms with van der Waals surface area (Å²) < 4.78 is 26.4. The summed E-state index contributed by atoms with van der Waals surface area (Å²) in [5, 5.41) is 3.88. The highest BCUT2D eigenvalue weighted by Crippen LogP contribution is 2.32. The van der Waals surface area contributed by atoms with Crippen LogP contribution in [0.15, 0.2) is 42.5 Å². The largest absolute Gasteiger partial charge is 0.347 e. The number of piperidine rings is 1. The predicted molar refractivity (Wildman–Crippen MR) is 123 cm³/mol. The monoisotopic (exact) mass is 444 g/mol. The molecule has 1 atom stereocenters. The molecule has 3 aromatic rings. The van der Waals surface area contributed by atoms with E-state index < -0.39 is 10.0 Å². The van der Waals surface area contributed by atoms with E-state index >= 15 is 0 Å². The quantitative estimate of drug-likeness (QED) is 0.624. The van der Waals surface area contributed by atoms with Crippen LogP contribution in [0.1, 0.15) is 18.4 Å². The van der Waals surface area contributed by atoms with E-state index in [0.717, 1.165) is 41.0 Å². The molecular weight excluding hydrogens is 420 g/mol. The van der Waals surface area contributed by atoms with Gasteiger partial charge in [0.25, 0.3) is 0 Å². The number of benzene rings is 2. The van der Waals surface area contributed by atoms with Crippen molar-refractivity contribution < 1.29 is 13.2 Å². The third-order valence-electron chi connectivity index (χ3n) is 5.03. The Balaban J connectivity index is 1.45. The van der Waals surface area contributed by atoms with Crippen LogP contribution in [0.4, 0.5) is 16.5 Å². The Morgan fingerprint density at radius 2 is 2.00 bits per heavy atom. The lowest BCUT2D eigenvalue weighted by atomic mass is 9.97. The van der Waals surface area contributed by atoms with Crippen LogP contribution in [0.5, 0.6) is 0 Å². The summed E-state index contributed by atoms with van der Waals surface area (Å²) in [5.74, 6) is -0.216. The first-order chi connectivity index (χ1) is 14.3. The van der Waals surface area contributed by atoms with E-state index in [4.69, 9.17) is 4.98 Å². The van der Waals surface area contributed by atoms with E-state index in [1.165, 1.54) is 5.56 Å². The predicted octanol–water partition coefficient (Wildman–Crippen LogP) is 3.83. The van der Waals surface area contributed by atoms with Gasteiger partial charge in [-0.05, 0) is 55.7 Å². The number of anilines is 3. The minimum atomic E-state index is -3.37. The summed E-state index contributed by atoms with van der Waals surface area (Å²) in [7, 11) is -3.37. The molecule has 0 spiro atoms. The SMILES string of the molecule is Cc1ccc2nc(N3CCCC(C(=O)Nc4cccc(NS(C)(=O)=O)c4)C3)sc2c1. The maximum absolute atomic E-state index is 12.9. The van der Waals surface area contributed by atoms with Crippen molar-refractivity contribution in [2.45, 2.75) is 19.8 Å². The Bertz CT molecular complexity index is 1190. The van der Waals surface area contributed by atoms with Crippen molar-refractivity contribution in [2.24, 2.45) is 5.92 Å². The van der Waals surface area contributed by atoms with Crippen molar-refractivity contribution >= 4 is 54.0 Å². The number of carbonyl (C=O) groups excluding carboxylic acids is 1. The Hall–Kier alpha value is -2.65. The summed E-state index contributed by atoms with van der Waals surface area (Å²) in [6, 6.07) is 13.0. The standard InChI is InChI=1S/C21H24N4O3S2/c1-14-8-9-18-19(11-14)29-21(23-18)25-10-4-5-15(13-25)20(26)22-16-6-3-7-17(12-16)24-30(2,27)28/h3,6-9,11-12,15,24H,4-5,10,13H2,1-2H3,(H,22,26). The van der Waals surface area contributed by atoms with Crippen LogP contribution in [-0.2, 0) is 14.8 Å². The summed E-state index contributed by atoms with van der Waals surface area (Å²) >= 11 is 1.66. The first-order valence-electron chi connectivity index (χ1n) is 9.78. The van der Waals surface area contributed by atoms with Crippen molar-refractivity contribution in [3.05, 3.63) is 48.0 Å². The first-order valence-corrected chi connectivity index (χ1v) is 12.5. The second-order valence-corrected chi connectivity index (χ2v) is 10.5. The first kappa shape index (κ1) is 20.6. The fourth-order valence-corrected chi connectivity index (χ4v) is 5.29. The molecule has 1 aliphatic rings. The van der Waals surface area contributed by atoms with E-state index in [-0.39, 0.29) is 11.8 Å².